The molecule has 124 valence electrons. The first-order valence-electron chi connectivity index (χ1n) is 7.34. The van der Waals surface area contributed by atoms with Crippen LogP contribution in [0.15, 0.2) is 41.7 Å². The van der Waals surface area contributed by atoms with Crippen LogP contribution in [0.3, 0.4) is 0 Å². The number of benzene rings is 1. The molecule has 4 nitrogen and oxygen atoms in total. The highest BCUT2D eigenvalue weighted by Crippen LogP contribution is 2.38. The first kappa shape index (κ1) is 16.9. The average Bonchev–Trinajstić information content (AvgIpc) is 2.99. The maximum Gasteiger partial charge on any atom is 0.235 e. The van der Waals surface area contributed by atoms with E-state index in [4.69, 9.17) is 0 Å². The Labute approximate surface area is 147 Å². The topological polar surface area (TPSA) is 46.1 Å². The molecule has 2 heterocycles. The molecule has 24 heavy (non-hydrogen) atoms. The predicted octanol–water partition coefficient (Wildman–Crippen LogP) is 4.07. The summed E-state index contributed by atoms with van der Waals surface area (Å²) in [5.41, 5.74) is 1.77. The fourth-order valence-corrected chi connectivity index (χ4v) is 4.49. The van der Waals surface area contributed by atoms with Crippen molar-refractivity contribution in [1.29, 1.82) is 0 Å². The predicted molar refractivity (Wildman–Crippen MR) is 96.8 cm³/mol. The smallest absolute Gasteiger partial charge is 0.235 e. The molecule has 0 radical (unpaired) electrons. The standard InChI is InChI=1S/C17H16FN3OS2/c1-10(17(22)21(2)3)23-16-15-13(19-9-20-16)8-14(24-15)11-4-6-12(18)7-5-11/h4-10H,1-3H3/t10-/m0/s1. The first-order chi connectivity index (χ1) is 11.5. The summed E-state index contributed by atoms with van der Waals surface area (Å²) >= 11 is 2.98. The zero-order valence-electron chi connectivity index (χ0n) is 13.5. The Morgan fingerprint density at radius 1 is 1.25 bits per heavy atom. The van der Waals surface area contributed by atoms with Crippen LogP contribution < -0.4 is 0 Å². The lowest BCUT2D eigenvalue weighted by molar-refractivity contribution is -0.127. The number of nitrogens with zero attached hydrogens (tertiary/aromatic N) is 3. The molecular formula is C17H16FN3OS2. The Hall–Kier alpha value is -1.99. The second kappa shape index (κ2) is 6.86. The molecule has 3 aromatic rings. The van der Waals surface area contributed by atoms with Crippen LogP contribution in [0.25, 0.3) is 20.7 Å². The van der Waals surface area contributed by atoms with Crippen molar-refractivity contribution in [2.24, 2.45) is 0 Å². The average molecular weight is 361 g/mol. The lowest BCUT2D eigenvalue weighted by Gasteiger charge is -2.15. The maximum atomic E-state index is 13.1. The third-order valence-electron chi connectivity index (χ3n) is 3.48. The highest BCUT2D eigenvalue weighted by molar-refractivity contribution is 8.00. The van der Waals surface area contributed by atoms with Crippen LogP contribution in [0.4, 0.5) is 4.39 Å². The largest absolute Gasteiger partial charge is 0.348 e. The highest BCUT2D eigenvalue weighted by Gasteiger charge is 2.19. The van der Waals surface area contributed by atoms with E-state index in [1.165, 1.54) is 30.2 Å². The first-order valence-corrected chi connectivity index (χ1v) is 9.03. The maximum absolute atomic E-state index is 13.1. The molecule has 0 spiro atoms. The number of halogens is 1. The summed E-state index contributed by atoms with van der Waals surface area (Å²) in [6.45, 7) is 1.87. The van der Waals surface area contributed by atoms with Gasteiger partial charge < -0.3 is 4.90 Å². The molecule has 0 N–H and O–H groups in total. The van der Waals surface area contributed by atoms with Crippen molar-refractivity contribution in [2.75, 3.05) is 14.1 Å². The zero-order valence-corrected chi connectivity index (χ0v) is 15.1. The number of hydrogen-bond acceptors (Lipinski definition) is 5. The van der Waals surface area contributed by atoms with Gasteiger partial charge in [-0.1, -0.05) is 23.9 Å². The number of fused-ring (bicyclic) bond motifs is 1. The number of aromatic nitrogens is 2. The molecule has 0 aliphatic heterocycles. The van der Waals surface area contributed by atoms with Crippen LogP contribution >= 0.6 is 23.1 Å². The summed E-state index contributed by atoms with van der Waals surface area (Å²) < 4.78 is 14.0. The Morgan fingerprint density at radius 3 is 2.62 bits per heavy atom. The molecule has 0 bridgehead atoms. The molecule has 1 amide bonds. The van der Waals surface area contributed by atoms with E-state index in [-0.39, 0.29) is 17.0 Å². The zero-order chi connectivity index (χ0) is 17.3. The van der Waals surface area contributed by atoms with Crippen LogP contribution in [-0.4, -0.2) is 40.1 Å². The summed E-state index contributed by atoms with van der Waals surface area (Å²) in [5.74, 6) is -0.214. The number of carbonyl (C=O) groups is 1. The molecule has 0 unspecified atom stereocenters. The third-order valence-corrected chi connectivity index (χ3v) is 5.88. The van der Waals surface area contributed by atoms with Crippen molar-refractivity contribution in [3.05, 3.63) is 42.5 Å². The number of rotatable bonds is 4. The lowest BCUT2D eigenvalue weighted by Crippen LogP contribution is -2.29. The SMILES string of the molecule is C[C@H](Sc1ncnc2cc(-c3ccc(F)cc3)sc12)C(=O)N(C)C. The van der Waals surface area contributed by atoms with Crippen LogP contribution in [0.2, 0.25) is 0 Å². The normalized spacial score (nSPS) is 12.3. The van der Waals surface area contributed by atoms with Gasteiger partial charge in [-0.15, -0.1) is 11.3 Å². The molecule has 0 aliphatic carbocycles. The van der Waals surface area contributed by atoms with Gasteiger partial charge in [-0.25, -0.2) is 14.4 Å². The molecule has 0 saturated carbocycles. The Kier molecular flexibility index (Phi) is 4.82. The van der Waals surface area contributed by atoms with Gasteiger partial charge >= 0.3 is 0 Å². The minimum Gasteiger partial charge on any atom is -0.348 e. The fourth-order valence-electron chi connectivity index (χ4n) is 2.25. The molecule has 0 saturated heterocycles. The Balaban J connectivity index is 1.95. The van der Waals surface area contributed by atoms with E-state index in [0.29, 0.717) is 0 Å². The van der Waals surface area contributed by atoms with Gasteiger partial charge in [0.1, 0.15) is 17.2 Å². The number of carbonyl (C=O) groups excluding carboxylic acids is 1. The van der Waals surface area contributed by atoms with E-state index in [9.17, 15) is 9.18 Å². The van der Waals surface area contributed by atoms with Gasteiger partial charge in [0.2, 0.25) is 5.91 Å². The van der Waals surface area contributed by atoms with Gasteiger partial charge in [-0.2, -0.15) is 0 Å². The number of hydrogen-bond donors (Lipinski definition) is 0. The second-order valence-electron chi connectivity index (χ2n) is 5.50. The van der Waals surface area contributed by atoms with Crippen molar-refractivity contribution >= 4 is 39.2 Å². The van der Waals surface area contributed by atoms with Gasteiger partial charge in [0.05, 0.1) is 15.5 Å². The highest BCUT2D eigenvalue weighted by atomic mass is 32.2. The summed E-state index contributed by atoms with van der Waals surface area (Å²) in [7, 11) is 3.49. The summed E-state index contributed by atoms with van der Waals surface area (Å²) in [6.07, 6.45) is 1.51. The minimum atomic E-state index is -0.257. The van der Waals surface area contributed by atoms with Gasteiger partial charge in [-0.05, 0) is 30.7 Å². The minimum absolute atomic E-state index is 0.0436. The molecule has 0 fully saturated rings. The third kappa shape index (κ3) is 3.42. The molecular weight excluding hydrogens is 345 g/mol. The van der Waals surface area contributed by atoms with Gasteiger partial charge in [0, 0.05) is 19.0 Å². The molecule has 1 aromatic carbocycles. The summed E-state index contributed by atoms with van der Waals surface area (Å²) in [4.78, 5) is 23.3. The molecule has 3 rings (SSSR count). The van der Waals surface area contributed by atoms with Crippen molar-refractivity contribution in [1.82, 2.24) is 14.9 Å². The number of thiophene rings is 1. The fraction of sp³-hybridized carbons (Fsp3) is 0.235. The van der Waals surface area contributed by atoms with Gasteiger partial charge in [0.25, 0.3) is 0 Å². The van der Waals surface area contributed by atoms with Crippen molar-refractivity contribution in [3.63, 3.8) is 0 Å². The van der Waals surface area contributed by atoms with E-state index < -0.39 is 0 Å². The molecule has 0 aliphatic rings. The van der Waals surface area contributed by atoms with E-state index >= 15 is 0 Å². The summed E-state index contributed by atoms with van der Waals surface area (Å²) in [5, 5.41) is 0.565. The van der Waals surface area contributed by atoms with Gasteiger partial charge in [-0.3, -0.25) is 4.79 Å². The lowest BCUT2D eigenvalue weighted by atomic mass is 10.2. The molecule has 1 atom stereocenters. The number of thioether (sulfide) groups is 1. The van der Waals surface area contributed by atoms with Crippen LogP contribution in [0.1, 0.15) is 6.92 Å². The van der Waals surface area contributed by atoms with Gasteiger partial charge in [0.15, 0.2) is 0 Å². The molecule has 7 heteroatoms. The second-order valence-corrected chi connectivity index (χ2v) is 7.89. The van der Waals surface area contributed by atoms with Crippen LogP contribution in [0.5, 0.6) is 0 Å². The van der Waals surface area contributed by atoms with E-state index in [1.807, 2.05) is 13.0 Å². The molecule has 2 aromatic heterocycles. The van der Waals surface area contributed by atoms with Crippen molar-refractivity contribution in [2.45, 2.75) is 17.2 Å². The Morgan fingerprint density at radius 2 is 1.96 bits per heavy atom. The van der Waals surface area contributed by atoms with Crippen molar-refractivity contribution in [3.8, 4) is 10.4 Å². The van der Waals surface area contributed by atoms with Crippen LogP contribution in [-0.2, 0) is 4.79 Å². The van der Waals surface area contributed by atoms with Crippen LogP contribution in [0, 0.1) is 5.82 Å². The van der Waals surface area contributed by atoms with E-state index in [1.54, 1.807) is 42.5 Å². The Bertz CT molecular complexity index is 877. The van der Waals surface area contributed by atoms with E-state index in [2.05, 4.69) is 9.97 Å². The monoisotopic (exact) mass is 361 g/mol. The quantitative estimate of drug-likeness (QED) is 0.519. The van der Waals surface area contributed by atoms with E-state index in [0.717, 1.165) is 25.7 Å². The van der Waals surface area contributed by atoms with Crippen molar-refractivity contribution < 1.29 is 9.18 Å². The number of amides is 1. The summed E-state index contributed by atoms with van der Waals surface area (Å²) in [6, 6.07) is 8.35.